The lowest BCUT2D eigenvalue weighted by molar-refractivity contribution is 0.416. The molecule has 106 valence electrons. The summed E-state index contributed by atoms with van der Waals surface area (Å²) in [6, 6.07) is 14.1. The van der Waals surface area contributed by atoms with E-state index in [1.807, 2.05) is 30.3 Å². The van der Waals surface area contributed by atoms with Gasteiger partial charge in [0, 0.05) is 10.6 Å². The van der Waals surface area contributed by atoms with Crippen molar-refractivity contribution in [2.24, 2.45) is 5.73 Å². The Balaban J connectivity index is 2.43. The molecule has 2 aromatic carbocycles. The molecule has 2 nitrogen and oxygen atoms in total. The zero-order valence-corrected chi connectivity index (χ0v) is 12.7. The van der Waals surface area contributed by atoms with Crippen LogP contribution in [0.2, 0.25) is 5.02 Å². The average Bonchev–Trinajstić information content (AvgIpc) is 2.47. The minimum absolute atomic E-state index is 0.442. The topological polar surface area (TPSA) is 35.2 Å². The van der Waals surface area contributed by atoms with Crippen molar-refractivity contribution in [2.45, 2.75) is 19.3 Å². The first-order chi connectivity index (χ1) is 9.65. The van der Waals surface area contributed by atoms with Crippen molar-refractivity contribution >= 4 is 11.6 Å². The maximum atomic E-state index is 5.95. The normalized spacial score (nSPS) is 12.2. The third-order valence-electron chi connectivity index (χ3n) is 3.55. The first kappa shape index (κ1) is 14.9. The lowest BCUT2D eigenvalue weighted by Gasteiger charge is -2.15. The molecule has 0 saturated carbocycles. The second-order valence-electron chi connectivity index (χ2n) is 4.95. The first-order valence-corrected chi connectivity index (χ1v) is 7.17. The molecule has 2 aromatic rings. The molecule has 0 radical (unpaired) electrons. The molecular formula is C17H20ClNO. The number of methoxy groups -OCH3 is 1. The van der Waals surface area contributed by atoms with E-state index in [0.29, 0.717) is 12.5 Å². The summed E-state index contributed by atoms with van der Waals surface area (Å²) in [7, 11) is 1.69. The van der Waals surface area contributed by atoms with E-state index in [-0.39, 0.29) is 0 Å². The average molecular weight is 290 g/mol. The summed E-state index contributed by atoms with van der Waals surface area (Å²) >= 11 is 5.95. The molecule has 1 atom stereocenters. The van der Waals surface area contributed by atoms with E-state index in [4.69, 9.17) is 22.1 Å². The molecule has 20 heavy (non-hydrogen) atoms. The van der Waals surface area contributed by atoms with E-state index in [9.17, 15) is 0 Å². The number of ether oxygens (including phenoxy) is 1. The van der Waals surface area contributed by atoms with Gasteiger partial charge in [-0.15, -0.1) is 0 Å². The van der Waals surface area contributed by atoms with E-state index in [1.165, 1.54) is 5.56 Å². The van der Waals surface area contributed by atoms with Gasteiger partial charge in [-0.3, -0.25) is 0 Å². The predicted octanol–water partition coefficient (Wildman–Crippen LogP) is 4.47. The van der Waals surface area contributed by atoms with Crippen molar-refractivity contribution in [1.82, 2.24) is 0 Å². The Kier molecular flexibility index (Phi) is 5.05. The summed E-state index contributed by atoms with van der Waals surface area (Å²) in [4.78, 5) is 0. The van der Waals surface area contributed by atoms with Gasteiger partial charge in [0.25, 0.3) is 0 Å². The standard InChI is InChI=1S/C17H20ClNO/c1-12(9-10-19)14-5-8-17(20-2)16(11-14)13-3-6-15(18)7-4-13/h3-8,11-12H,9-10,19H2,1-2H3. The van der Waals surface area contributed by atoms with E-state index < -0.39 is 0 Å². The van der Waals surface area contributed by atoms with Crippen LogP contribution >= 0.6 is 11.6 Å². The number of halogens is 1. The molecule has 0 aliphatic heterocycles. The molecule has 0 heterocycles. The Morgan fingerprint density at radius 1 is 1.15 bits per heavy atom. The van der Waals surface area contributed by atoms with Crippen molar-refractivity contribution in [3.05, 3.63) is 53.1 Å². The second-order valence-corrected chi connectivity index (χ2v) is 5.38. The lowest BCUT2D eigenvalue weighted by atomic mass is 9.93. The molecule has 0 aromatic heterocycles. The maximum absolute atomic E-state index is 5.95. The van der Waals surface area contributed by atoms with Crippen LogP contribution in [-0.4, -0.2) is 13.7 Å². The van der Waals surface area contributed by atoms with Gasteiger partial charge in [-0.2, -0.15) is 0 Å². The van der Waals surface area contributed by atoms with Gasteiger partial charge in [-0.25, -0.2) is 0 Å². The molecule has 2 N–H and O–H groups in total. The van der Waals surface area contributed by atoms with Gasteiger partial charge in [0.15, 0.2) is 0 Å². The second kappa shape index (κ2) is 6.78. The molecule has 0 saturated heterocycles. The van der Waals surface area contributed by atoms with Gasteiger partial charge in [0.1, 0.15) is 5.75 Å². The Bertz CT molecular complexity index is 566. The monoisotopic (exact) mass is 289 g/mol. The smallest absolute Gasteiger partial charge is 0.126 e. The van der Waals surface area contributed by atoms with E-state index in [0.717, 1.165) is 28.3 Å². The van der Waals surface area contributed by atoms with Crippen LogP contribution in [0.5, 0.6) is 5.75 Å². The molecular weight excluding hydrogens is 270 g/mol. The predicted molar refractivity (Wildman–Crippen MR) is 85.5 cm³/mol. The lowest BCUT2D eigenvalue weighted by Crippen LogP contribution is -2.04. The minimum Gasteiger partial charge on any atom is -0.496 e. The van der Waals surface area contributed by atoms with Crippen LogP contribution in [0.1, 0.15) is 24.8 Å². The van der Waals surface area contributed by atoms with Crippen molar-refractivity contribution in [3.63, 3.8) is 0 Å². The molecule has 0 fully saturated rings. The zero-order chi connectivity index (χ0) is 14.5. The number of nitrogens with two attached hydrogens (primary N) is 1. The quantitative estimate of drug-likeness (QED) is 0.881. The summed E-state index contributed by atoms with van der Waals surface area (Å²) < 4.78 is 5.47. The third-order valence-corrected chi connectivity index (χ3v) is 3.80. The fourth-order valence-electron chi connectivity index (χ4n) is 2.30. The maximum Gasteiger partial charge on any atom is 0.126 e. The number of rotatable bonds is 5. The van der Waals surface area contributed by atoms with Gasteiger partial charge >= 0.3 is 0 Å². The summed E-state index contributed by atoms with van der Waals surface area (Å²) in [5, 5.41) is 0.736. The van der Waals surface area contributed by atoms with Crippen LogP contribution in [-0.2, 0) is 0 Å². The third kappa shape index (κ3) is 3.33. The summed E-state index contributed by atoms with van der Waals surface area (Å²) in [6.07, 6.45) is 0.979. The number of hydrogen-bond acceptors (Lipinski definition) is 2. The fourth-order valence-corrected chi connectivity index (χ4v) is 2.43. The Morgan fingerprint density at radius 3 is 2.45 bits per heavy atom. The summed E-state index contributed by atoms with van der Waals surface area (Å²) in [6.45, 7) is 2.89. The molecule has 0 aliphatic rings. The summed E-state index contributed by atoms with van der Waals surface area (Å²) in [5.74, 6) is 1.31. The van der Waals surface area contributed by atoms with E-state index >= 15 is 0 Å². The van der Waals surface area contributed by atoms with Crippen LogP contribution in [0.3, 0.4) is 0 Å². The van der Waals surface area contributed by atoms with Crippen LogP contribution in [0, 0.1) is 0 Å². The minimum atomic E-state index is 0.442. The van der Waals surface area contributed by atoms with E-state index in [2.05, 4.69) is 19.1 Å². The van der Waals surface area contributed by atoms with Crippen LogP contribution < -0.4 is 10.5 Å². The molecule has 0 aliphatic carbocycles. The van der Waals surface area contributed by atoms with Gasteiger partial charge in [0.05, 0.1) is 7.11 Å². The molecule has 3 heteroatoms. The van der Waals surface area contributed by atoms with Crippen LogP contribution in [0.4, 0.5) is 0 Å². The molecule has 2 rings (SSSR count). The van der Waals surface area contributed by atoms with Crippen molar-refractivity contribution < 1.29 is 4.74 Å². The van der Waals surface area contributed by atoms with Gasteiger partial charge in [-0.05, 0) is 54.3 Å². The highest BCUT2D eigenvalue weighted by Gasteiger charge is 2.11. The van der Waals surface area contributed by atoms with Crippen molar-refractivity contribution in [3.8, 4) is 16.9 Å². The van der Waals surface area contributed by atoms with Gasteiger partial charge < -0.3 is 10.5 Å². The van der Waals surface area contributed by atoms with Gasteiger partial charge in [-0.1, -0.05) is 36.7 Å². The first-order valence-electron chi connectivity index (χ1n) is 6.79. The highest BCUT2D eigenvalue weighted by atomic mass is 35.5. The molecule has 0 bridgehead atoms. The SMILES string of the molecule is COc1ccc(C(C)CCN)cc1-c1ccc(Cl)cc1. The van der Waals surface area contributed by atoms with E-state index in [1.54, 1.807) is 7.11 Å². The number of hydrogen-bond donors (Lipinski definition) is 1. The Morgan fingerprint density at radius 2 is 1.85 bits per heavy atom. The van der Waals surface area contributed by atoms with Crippen molar-refractivity contribution in [2.75, 3.05) is 13.7 Å². The zero-order valence-electron chi connectivity index (χ0n) is 11.9. The van der Waals surface area contributed by atoms with Crippen LogP contribution in [0.15, 0.2) is 42.5 Å². The Hall–Kier alpha value is -1.51. The molecule has 1 unspecified atom stereocenters. The number of benzene rings is 2. The largest absolute Gasteiger partial charge is 0.496 e. The van der Waals surface area contributed by atoms with Crippen molar-refractivity contribution in [1.29, 1.82) is 0 Å². The molecule has 0 spiro atoms. The fraction of sp³-hybridized carbons (Fsp3) is 0.294. The Labute approximate surface area is 125 Å². The van der Waals surface area contributed by atoms with Crippen LogP contribution in [0.25, 0.3) is 11.1 Å². The summed E-state index contributed by atoms with van der Waals surface area (Å²) in [5.41, 5.74) is 9.12. The van der Waals surface area contributed by atoms with Gasteiger partial charge in [0.2, 0.25) is 0 Å². The highest BCUT2D eigenvalue weighted by molar-refractivity contribution is 6.30. The molecule has 0 amide bonds. The highest BCUT2D eigenvalue weighted by Crippen LogP contribution is 2.34.